The molecule has 0 saturated carbocycles. The lowest BCUT2D eigenvalue weighted by Crippen LogP contribution is -2.38. The van der Waals surface area contributed by atoms with Crippen LogP contribution in [0.2, 0.25) is 0 Å². The predicted molar refractivity (Wildman–Crippen MR) is 109 cm³/mol. The molecule has 2 aromatic rings. The molecule has 1 aromatic heterocycles. The SMILES string of the molecule is CC(C)[C@@H]1CCC(C(=O)N2CCC(C)(O)C2)c2nnc(-c3c(F)cccc3F)cc21. The molecule has 30 heavy (non-hydrogen) atoms. The zero-order valence-corrected chi connectivity index (χ0v) is 17.5. The third-order valence-electron chi connectivity index (χ3n) is 6.43. The first-order chi connectivity index (χ1) is 14.2. The maximum atomic E-state index is 14.3. The fourth-order valence-electron chi connectivity index (χ4n) is 4.77. The number of aromatic nitrogens is 2. The second kappa shape index (κ2) is 7.69. The van der Waals surface area contributed by atoms with Crippen molar-refractivity contribution >= 4 is 5.91 Å². The van der Waals surface area contributed by atoms with Crippen LogP contribution in [0.25, 0.3) is 11.3 Å². The van der Waals surface area contributed by atoms with Crippen LogP contribution in [0.5, 0.6) is 0 Å². The Balaban J connectivity index is 1.74. The first-order valence-corrected chi connectivity index (χ1v) is 10.5. The molecule has 4 rings (SSSR count). The molecule has 0 radical (unpaired) electrons. The van der Waals surface area contributed by atoms with Gasteiger partial charge in [-0.1, -0.05) is 19.9 Å². The number of fused-ring (bicyclic) bond motifs is 1. The summed E-state index contributed by atoms with van der Waals surface area (Å²) in [5, 5.41) is 18.7. The number of β-amino-alcohol motifs (C(OH)–C–C–N with tert-alkyl or cyclic N) is 1. The largest absolute Gasteiger partial charge is 0.388 e. The zero-order valence-electron chi connectivity index (χ0n) is 17.5. The van der Waals surface area contributed by atoms with E-state index in [1.165, 1.54) is 18.2 Å². The van der Waals surface area contributed by atoms with Crippen LogP contribution in [0.4, 0.5) is 8.78 Å². The van der Waals surface area contributed by atoms with E-state index >= 15 is 0 Å². The molecule has 1 fully saturated rings. The maximum Gasteiger partial charge on any atom is 0.231 e. The first-order valence-electron chi connectivity index (χ1n) is 10.5. The number of aliphatic hydroxyl groups is 1. The normalized spacial score (nSPS) is 26.2. The molecule has 0 bridgehead atoms. The molecular formula is C23H27F2N3O2. The van der Waals surface area contributed by atoms with Crippen LogP contribution in [0.15, 0.2) is 24.3 Å². The standard InChI is InChI=1S/C23H27F2N3O2/c1-13(2)14-7-8-15(22(29)28-10-9-23(3,30)12-28)21-16(14)11-19(26-27-21)20-17(24)5-4-6-18(20)25/h4-6,11,13-15,30H,7-10,12H2,1-3H3/t14-,15?,23?/m0/s1. The van der Waals surface area contributed by atoms with E-state index in [1.807, 2.05) is 0 Å². The number of nitrogens with zero attached hydrogens (tertiary/aromatic N) is 3. The highest BCUT2D eigenvalue weighted by Gasteiger charge is 2.41. The highest BCUT2D eigenvalue weighted by molar-refractivity contribution is 5.84. The van der Waals surface area contributed by atoms with Crippen molar-refractivity contribution in [3.8, 4) is 11.3 Å². The summed E-state index contributed by atoms with van der Waals surface area (Å²) in [6.07, 6.45) is 1.98. The van der Waals surface area contributed by atoms with Gasteiger partial charge in [0.25, 0.3) is 0 Å². The number of carbonyl (C=O) groups is 1. The van der Waals surface area contributed by atoms with Crippen molar-refractivity contribution in [2.45, 2.75) is 57.5 Å². The number of rotatable bonds is 3. The van der Waals surface area contributed by atoms with Crippen LogP contribution >= 0.6 is 0 Å². The molecule has 2 unspecified atom stereocenters. The van der Waals surface area contributed by atoms with Crippen LogP contribution < -0.4 is 0 Å². The Morgan fingerprint density at radius 3 is 2.53 bits per heavy atom. The monoisotopic (exact) mass is 415 g/mol. The molecule has 3 atom stereocenters. The second-order valence-corrected chi connectivity index (χ2v) is 9.15. The molecule has 1 aromatic carbocycles. The minimum atomic E-state index is -0.870. The maximum absolute atomic E-state index is 14.3. The van der Waals surface area contributed by atoms with Crippen molar-refractivity contribution in [3.05, 3.63) is 47.2 Å². The second-order valence-electron chi connectivity index (χ2n) is 9.15. The van der Waals surface area contributed by atoms with Gasteiger partial charge in [-0.25, -0.2) is 8.78 Å². The van der Waals surface area contributed by atoms with E-state index < -0.39 is 23.2 Å². The molecule has 1 saturated heterocycles. The van der Waals surface area contributed by atoms with E-state index in [0.29, 0.717) is 31.6 Å². The Bertz CT molecular complexity index is 957. The van der Waals surface area contributed by atoms with E-state index in [4.69, 9.17) is 0 Å². The van der Waals surface area contributed by atoms with Crippen LogP contribution in [0.1, 0.15) is 63.1 Å². The van der Waals surface area contributed by atoms with Gasteiger partial charge in [0.1, 0.15) is 11.6 Å². The van der Waals surface area contributed by atoms with E-state index in [9.17, 15) is 18.7 Å². The Hall–Kier alpha value is -2.41. The number of carbonyl (C=O) groups excluding carboxylic acids is 1. The average Bonchev–Trinajstić information content (AvgIpc) is 3.06. The summed E-state index contributed by atoms with van der Waals surface area (Å²) in [6, 6.07) is 5.42. The molecule has 2 aliphatic rings. The number of amides is 1. The highest BCUT2D eigenvalue weighted by atomic mass is 19.1. The minimum absolute atomic E-state index is 0.0599. The highest BCUT2D eigenvalue weighted by Crippen LogP contribution is 2.43. The molecule has 1 aliphatic carbocycles. The summed E-state index contributed by atoms with van der Waals surface area (Å²) in [7, 11) is 0. The Morgan fingerprint density at radius 2 is 1.93 bits per heavy atom. The summed E-state index contributed by atoms with van der Waals surface area (Å²) < 4.78 is 28.6. The van der Waals surface area contributed by atoms with Crippen molar-refractivity contribution in [2.24, 2.45) is 5.92 Å². The fraction of sp³-hybridized carbons (Fsp3) is 0.522. The number of likely N-dealkylation sites (tertiary alicyclic amines) is 1. The molecule has 1 amide bonds. The predicted octanol–water partition coefficient (Wildman–Crippen LogP) is 4.02. The van der Waals surface area contributed by atoms with Crippen molar-refractivity contribution in [3.63, 3.8) is 0 Å². The van der Waals surface area contributed by atoms with E-state index in [-0.39, 0.29) is 29.0 Å². The van der Waals surface area contributed by atoms with Gasteiger partial charge in [0.05, 0.1) is 28.5 Å². The zero-order chi connectivity index (χ0) is 21.6. The van der Waals surface area contributed by atoms with Gasteiger partial charge in [-0.15, -0.1) is 5.10 Å². The lowest BCUT2D eigenvalue weighted by Gasteiger charge is -2.34. The Labute approximate surface area is 175 Å². The van der Waals surface area contributed by atoms with Gasteiger partial charge in [0.15, 0.2) is 0 Å². The van der Waals surface area contributed by atoms with Crippen LogP contribution in [-0.4, -0.2) is 44.8 Å². The van der Waals surface area contributed by atoms with Gasteiger partial charge in [-0.05, 0) is 61.8 Å². The van der Waals surface area contributed by atoms with E-state index in [1.54, 1.807) is 17.9 Å². The van der Waals surface area contributed by atoms with Crippen LogP contribution in [0, 0.1) is 17.6 Å². The van der Waals surface area contributed by atoms with E-state index in [2.05, 4.69) is 24.0 Å². The smallest absolute Gasteiger partial charge is 0.231 e. The third-order valence-corrected chi connectivity index (χ3v) is 6.43. The lowest BCUT2D eigenvalue weighted by atomic mass is 9.74. The first kappa shape index (κ1) is 20.8. The summed E-state index contributed by atoms with van der Waals surface area (Å²) in [4.78, 5) is 14.9. The van der Waals surface area contributed by atoms with Gasteiger partial charge >= 0.3 is 0 Å². The Kier molecular flexibility index (Phi) is 5.34. The van der Waals surface area contributed by atoms with Crippen LogP contribution in [-0.2, 0) is 4.79 Å². The molecular weight excluding hydrogens is 388 g/mol. The quantitative estimate of drug-likeness (QED) is 0.822. The molecule has 7 heteroatoms. The number of hydrogen-bond donors (Lipinski definition) is 1. The van der Waals surface area contributed by atoms with Crippen molar-refractivity contribution in [2.75, 3.05) is 13.1 Å². The number of halogens is 2. The lowest BCUT2D eigenvalue weighted by molar-refractivity contribution is -0.133. The van der Waals surface area contributed by atoms with Crippen LogP contribution in [0.3, 0.4) is 0 Å². The van der Waals surface area contributed by atoms with Crippen molar-refractivity contribution in [1.29, 1.82) is 0 Å². The van der Waals surface area contributed by atoms with Gasteiger partial charge in [-0.3, -0.25) is 4.79 Å². The molecule has 1 N–H and O–H groups in total. The fourth-order valence-corrected chi connectivity index (χ4v) is 4.77. The molecule has 1 aliphatic heterocycles. The van der Waals surface area contributed by atoms with Crippen molar-refractivity contribution in [1.82, 2.24) is 15.1 Å². The van der Waals surface area contributed by atoms with Crippen molar-refractivity contribution < 1.29 is 18.7 Å². The summed E-state index contributed by atoms with van der Waals surface area (Å²) in [5.74, 6) is -1.46. The summed E-state index contributed by atoms with van der Waals surface area (Å²) >= 11 is 0. The number of benzene rings is 1. The Morgan fingerprint density at radius 1 is 1.23 bits per heavy atom. The number of hydrogen-bond acceptors (Lipinski definition) is 4. The molecule has 160 valence electrons. The molecule has 5 nitrogen and oxygen atoms in total. The van der Waals surface area contributed by atoms with Gasteiger partial charge < -0.3 is 10.0 Å². The van der Waals surface area contributed by atoms with Gasteiger partial charge in [-0.2, -0.15) is 5.10 Å². The van der Waals surface area contributed by atoms with Gasteiger partial charge in [0, 0.05) is 13.1 Å². The summed E-state index contributed by atoms with van der Waals surface area (Å²) in [6.45, 7) is 6.74. The summed E-state index contributed by atoms with van der Waals surface area (Å²) in [5.41, 5.74) is 0.516. The average molecular weight is 415 g/mol. The third kappa shape index (κ3) is 3.71. The molecule has 0 spiro atoms. The van der Waals surface area contributed by atoms with Gasteiger partial charge in [0.2, 0.25) is 5.91 Å². The van der Waals surface area contributed by atoms with E-state index in [0.717, 1.165) is 12.0 Å². The minimum Gasteiger partial charge on any atom is -0.388 e. The topological polar surface area (TPSA) is 66.3 Å². The molecule has 2 heterocycles.